The maximum Gasteiger partial charge on any atom is 0.0644 e. The molecule has 0 radical (unpaired) electrons. The molecule has 0 saturated heterocycles. The number of thiophene rings is 1. The van der Waals surface area contributed by atoms with Crippen LogP contribution < -0.4 is 11.1 Å². The molecule has 1 aliphatic rings. The van der Waals surface area contributed by atoms with Crippen LogP contribution in [0.25, 0.3) is 0 Å². The molecule has 0 bridgehead atoms. The second-order valence-electron chi connectivity index (χ2n) is 5.12. The van der Waals surface area contributed by atoms with Crippen LogP contribution in [0.1, 0.15) is 35.0 Å². The van der Waals surface area contributed by atoms with Crippen LogP contribution in [0, 0.1) is 0 Å². The molecule has 0 fully saturated rings. The first kappa shape index (κ1) is 13.6. The minimum absolute atomic E-state index is 0.137. The standard InChI is InChI=1S/C14H20N4OS/c15-11-4-7-20-14(11)9-16-12-2-1-3-13-10(12)8-17-18(13)5-6-19/h4,7-8,12,16,19H,1-3,5-6,9,15H2. The number of nitrogens with two attached hydrogens (primary N) is 1. The van der Waals surface area contributed by atoms with Crippen LogP contribution in [0.15, 0.2) is 17.6 Å². The van der Waals surface area contributed by atoms with Crippen molar-refractivity contribution in [2.45, 2.75) is 38.4 Å². The summed E-state index contributed by atoms with van der Waals surface area (Å²) < 4.78 is 1.93. The van der Waals surface area contributed by atoms with Gasteiger partial charge in [-0.3, -0.25) is 4.68 Å². The molecule has 3 rings (SSSR count). The van der Waals surface area contributed by atoms with Gasteiger partial charge in [0.1, 0.15) is 0 Å². The first-order valence-electron chi connectivity index (χ1n) is 7.00. The number of aliphatic hydroxyl groups excluding tert-OH is 1. The Kier molecular flexibility index (Phi) is 4.05. The average Bonchev–Trinajstić information content (AvgIpc) is 3.04. The number of nitrogens with zero attached hydrogens (tertiary/aromatic N) is 2. The molecule has 4 N–H and O–H groups in total. The number of fused-ring (bicyclic) bond motifs is 1. The lowest BCUT2D eigenvalue weighted by molar-refractivity contribution is 0.266. The van der Waals surface area contributed by atoms with Crippen molar-refractivity contribution in [3.05, 3.63) is 33.8 Å². The van der Waals surface area contributed by atoms with Crippen LogP contribution in [-0.2, 0) is 19.5 Å². The van der Waals surface area contributed by atoms with Gasteiger partial charge in [-0.1, -0.05) is 0 Å². The maximum absolute atomic E-state index is 9.08. The third kappa shape index (κ3) is 2.59. The largest absolute Gasteiger partial charge is 0.398 e. The van der Waals surface area contributed by atoms with E-state index in [0.717, 1.165) is 31.5 Å². The fraction of sp³-hybridized carbons (Fsp3) is 0.500. The van der Waals surface area contributed by atoms with Crippen LogP contribution in [0.2, 0.25) is 0 Å². The fourth-order valence-electron chi connectivity index (χ4n) is 2.83. The fourth-order valence-corrected chi connectivity index (χ4v) is 3.58. The molecule has 0 saturated carbocycles. The number of anilines is 1. The van der Waals surface area contributed by atoms with Gasteiger partial charge in [0.05, 0.1) is 19.3 Å². The number of aliphatic hydroxyl groups is 1. The summed E-state index contributed by atoms with van der Waals surface area (Å²) >= 11 is 1.69. The first-order valence-corrected chi connectivity index (χ1v) is 7.88. The van der Waals surface area contributed by atoms with E-state index < -0.39 is 0 Å². The number of aromatic nitrogens is 2. The SMILES string of the molecule is Nc1ccsc1CNC1CCCc2c1cnn2CCO. The van der Waals surface area contributed by atoms with Gasteiger partial charge < -0.3 is 16.2 Å². The Bertz CT molecular complexity index is 577. The monoisotopic (exact) mass is 292 g/mol. The Morgan fingerprint density at radius 1 is 1.55 bits per heavy atom. The van der Waals surface area contributed by atoms with E-state index in [4.69, 9.17) is 10.8 Å². The Hall–Kier alpha value is -1.37. The molecule has 5 nitrogen and oxygen atoms in total. The second-order valence-corrected chi connectivity index (χ2v) is 6.12. The highest BCUT2D eigenvalue weighted by Gasteiger charge is 2.23. The Morgan fingerprint density at radius 3 is 3.20 bits per heavy atom. The van der Waals surface area contributed by atoms with Crippen LogP contribution >= 0.6 is 11.3 Å². The third-order valence-corrected chi connectivity index (χ3v) is 4.80. The van der Waals surface area contributed by atoms with E-state index in [1.807, 2.05) is 22.3 Å². The van der Waals surface area contributed by atoms with E-state index in [9.17, 15) is 0 Å². The first-order chi connectivity index (χ1) is 9.79. The van der Waals surface area contributed by atoms with Crippen molar-refractivity contribution >= 4 is 17.0 Å². The van der Waals surface area contributed by atoms with Crippen molar-refractivity contribution in [3.63, 3.8) is 0 Å². The zero-order chi connectivity index (χ0) is 13.9. The lowest BCUT2D eigenvalue weighted by atomic mass is 9.93. The van der Waals surface area contributed by atoms with E-state index in [-0.39, 0.29) is 6.61 Å². The van der Waals surface area contributed by atoms with Gasteiger partial charge in [-0.15, -0.1) is 11.3 Å². The highest BCUT2D eigenvalue weighted by molar-refractivity contribution is 7.10. The summed E-state index contributed by atoms with van der Waals surface area (Å²) in [5.74, 6) is 0. The normalized spacial score (nSPS) is 18.1. The van der Waals surface area contributed by atoms with Gasteiger partial charge in [-0.05, 0) is 30.7 Å². The van der Waals surface area contributed by atoms with Gasteiger partial charge in [0.25, 0.3) is 0 Å². The zero-order valence-corrected chi connectivity index (χ0v) is 12.2. The van der Waals surface area contributed by atoms with E-state index in [0.29, 0.717) is 12.6 Å². The smallest absolute Gasteiger partial charge is 0.0644 e. The number of hydrogen-bond donors (Lipinski definition) is 3. The van der Waals surface area contributed by atoms with Gasteiger partial charge in [-0.25, -0.2) is 0 Å². The van der Waals surface area contributed by atoms with Crippen molar-refractivity contribution in [2.75, 3.05) is 12.3 Å². The summed E-state index contributed by atoms with van der Waals surface area (Å²) in [6, 6.07) is 2.29. The number of nitrogens with one attached hydrogen (secondary N) is 1. The third-order valence-electron chi connectivity index (χ3n) is 3.86. The summed E-state index contributed by atoms with van der Waals surface area (Å²) in [5, 5.41) is 19.1. The molecular weight excluding hydrogens is 272 g/mol. The number of hydrogen-bond acceptors (Lipinski definition) is 5. The highest BCUT2D eigenvalue weighted by atomic mass is 32.1. The van der Waals surface area contributed by atoms with E-state index in [1.54, 1.807) is 11.3 Å². The Balaban J connectivity index is 1.72. The molecule has 2 aromatic heterocycles. The summed E-state index contributed by atoms with van der Waals surface area (Å²) in [4.78, 5) is 1.19. The topological polar surface area (TPSA) is 76.1 Å². The molecule has 0 spiro atoms. The molecule has 0 amide bonds. The molecule has 1 aliphatic carbocycles. The van der Waals surface area contributed by atoms with Crippen molar-refractivity contribution in [2.24, 2.45) is 0 Å². The van der Waals surface area contributed by atoms with Crippen LogP contribution in [0.4, 0.5) is 5.69 Å². The van der Waals surface area contributed by atoms with Crippen molar-refractivity contribution in [1.29, 1.82) is 0 Å². The lowest BCUT2D eigenvalue weighted by Gasteiger charge is -2.24. The summed E-state index contributed by atoms with van der Waals surface area (Å²) in [6.07, 6.45) is 5.28. The average molecular weight is 292 g/mol. The highest BCUT2D eigenvalue weighted by Crippen LogP contribution is 2.30. The second kappa shape index (κ2) is 5.95. The van der Waals surface area contributed by atoms with Gasteiger partial charge >= 0.3 is 0 Å². The Morgan fingerprint density at radius 2 is 2.45 bits per heavy atom. The molecule has 0 aromatic carbocycles. The number of nitrogen functional groups attached to an aromatic ring is 1. The van der Waals surface area contributed by atoms with Gasteiger partial charge in [0.15, 0.2) is 0 Å². The summed E-state index contributed by atoms with van der Waals surface area (Å²) in [5.41, 5.74) is 9.33. The van der Waals surface area contributed by atoms with Gasteiger partial charge in [0, 0.05) is 34.4 Å². The predicted octanol–water partition coefficient (Wildman–Crippen LogP) is 1.69. The van der Waals surface area contributed by atoms with E-state index in [2.05, 4.69) is 10.4 Å². The van der Waals surface area contributed by atoms with Gasteiger partial charge in [-0.2, -0.15) is 5.10 Å². The van der Waals surface area contributed by atoms with Crippen molar-refractivity contribution < 1.29 is 5.11 Å². The van der Waals surface area contributed by atoms with E-state index in [1.165, 1.54) is 16.1 Å². The quantitative estimate of drug-likeness (QED) is 0.784. The minimum atomic E-state index is 0.137. The molecule has 6 heteroatoms. The van der Waals surface area contributed by atoms with Crippen molar-refractivity contribution in [1.82, 2.24) is 15.1 Å². The van der Waals surface area contributed by atoms with Crippen molar-refractivity contribution in [3.8, 4) is 0 Å². The van der Waals surface area contributed by atoms with Crippen LogP contribution in [0.5, 0.6) is 0 Å². The summed E-state index contributed by atoms with van der Waals surface area (Å²) in [6.45, 7) is 1.52. The Labute approximate surface area is 122 Å². The molecule has 108 valence electrons. The predicted molar refractivity (Wildman–Crippen MR) is 80.6 cm³/mol. The maximum atomic E-state index is 9.08. The molecule has 1 unspecified atom stereocenters. The molecule has 2 heterocycles. The van der Waals surface area contributed by atoms with Crippen LogP contribution in [-0.4, -0.2) is 21.5 Å². The molecular formula is C14H20N4OS. The minimum Gasteiger partial charge on any atom is -0.398 e. The zero-order valence-electron chi connectivity index (χ0n) is 11.4. The number of rotatable bonds is 5. The lowest BCUT2D eigenvalue weighted by Crippen LogP contribution is -2.25. The molecule has 0 aliphatic heterocycles. The van der Waals surface area contributed by atoms with Crippen LogP contribution in [0.3, 0.4) is 0 Å². The van der Waals surface area contributed by atoms with E-state index >= 15 is 0 Å². The molecule has 2 aromatic rings. The molecule has 1 atom stereocenters. The molecule has 20 heavy (non-hydrogen) atoms. The van der Waals surface area contributed by atoms with Gasteiger partial charge in [0.2, 0.25) is 0 Å². The summed E-state index contributed by atoms with van der Waals surface area (Å²) in [7, 11) is 0.